The first-order chi connectivity index (χ1) is 11.4. The van der Waals surface area contributed by atoms with Gasteiger partial charge in [0.15, 0.2) is 0 Å². The van der Waals surface area contributed by atoms with Gasteiger partial charge in [-0.3, -0.25) is 4.79 Å². The molecule has 0 bridgehead atoms. The zero-order valence-electron chi connectivity index (χ0n) is 12.4. The standard InChI is InChI=1S/C16H11Cl3N4O/c1-9-20-15(16(24)21-13-4-2-10(17)3-5-13)22-23(9)14-7-11(18)6-12(19)8-14/h2-8H,1H3,(H,21,24). The monoisotopic (exact) mass is 380 g/mol. The number of benzene rings is 2. The van der Waals surface area contributed by atoms with E-state index in [9.17, 15) is 4.79 Å². The van der Waals surface area contributed by atoms with Gasteiger partial charge in [-0.15, -0.1) is 5.10 Å². The summed E-state index contributed by atoms with van der Waals surface area (Å²) in [5.41, 5.74) is 1.23. The third kappa shape index (κ3) is 3.70. The van der Waals surface area contributed by atoms with E-state index in [-0.39, 0.29) is 5.82 Å². The second-order valence-corrected chi connectivity index (χ2v) is 6.29. The molecule has 2 aromatic carbocycles. The number of nitrogens with one attached hydrogen (secondary N) is 1. The molecule has 0 radical (unpaired) electrons. The molecule has 5 nitrogen and oxygen atoms in total. The average Bonchev–Trinajstić information content (AvgIpc) is 2.91. The van der Waals surface area contributed by atoms with E-state index in [4.69, 9.17) is 34.8 Å². The van der Waals surface area contributed by atoms with E-state index in [0.29, 0.717) is 32.3 Å². The van der Waals surface area contributed by atoms with Crippen LogP contribution in [-0.4, -0.2) is 20.7 Å². The fourth-order valence-electron chi connectivity index (χ4n) is 2.11. The van der Waals surface area contributed by atoms with E-state index >= 15 is 0 Å². The van der Waals surface area contributed by atoms with Gasteiger partial charge in [0.25, 0.3) is 5.91 Å². The van der Waals surface area contributed by atoms with Crippen LogP contribution in [0.5, 0.6) is 0 Å². The summed E-state index contributed by atoms with van der Waals surface area (Å²) < 4.78 is 1.51. The Morgan fingerprint density at radius 2 is 1.62 bits per heavy atom. The smallest absolute Gasteiger partial charge is 0.295 e. The maximum atomic E-state index is 12.3. The summed E-state index contributed by atoms with van der Waals surface area (Å²) in [7, 11) is 0. The van der Waals surface area contributed by atoms with E-state index in [2.05, 4.69) is 15.4 Å². The van der Waals surface area contributed by atoms with Crippen LogP contribution in [-0.2, 0) is 0 Å². The summed E-state index contributed by atoms with van der Waals surface area (Å²) >= 11 is 17.8. The first kappa shape index (κ1) is 16.8. The van der Waals surface area contributed by atoms with E-state index in [1.165, 1.54) is 4.68 Å². The lowest BCUT2D eigenvalue weighted by Crippen LogP contribution is -2.14. The molecular weight excluding hydrogens is 371 g/mol. The normalized spacial score (nSPS) is 10.7. The third-order valence-electron chi connectivity index (χ3n) is 3.17. The molecule has 3 aromatic rings. The summed E-state index contributed by atoms with van der Waals surface area (Å²) in [6.45, 7) is 1.74. The number of carbonyl (C=O) groups excluding carboxylic acids is 1. The number of rotatable bonds is 3. The second kappa shape index (κ2) is 6.81. The number of carbonyl (C=O) groups is 1. The Balaban J connectivity index is 1.87. The summed E-state index contributed by atoms with van der Waals surface area (Å²) in [5.74, 6) is 0.153. The Kier molecular flexibility index (Phi) is 4.76. The van der Waals surface area contributed by atoms with Crippen LogP contribution < -0.4 is 5.32 Å². The lowest BCUT2D eigenvalue weighted by molar-refractivity contribution is 0.101. The van der Waals surface area contributed by atoms with Crippen LogP contribution >= 0.6 is 34.8 Å². The van der Waals surface area contributed by atoms with Crippen molar-refractivity contribution in [1.29, 1.82) is 0 Å². The summed E-state index contributed by atoms with van der Waals surface area (Å²) in [5, 5.41) is 8.47. The number of aromatic nitrogens is 3. The molecule has 8 heteroatoms. The third-order valence-corrected chi connectivity index (χ3v) is 3.85. The van der Waals surface area contributed by atoms with Gasteiger partial charge in [-0.05, 0) is 49.4 Å². The van der Waals surface area contributed by atoms with Gasteiger partial charge in [0.1, 0.15) is 5.82 Å². The summed E-state index contributed by atoms with van der Waals surface area (Å²) in [6, 6.07) is 11.8. The SMILES string of the molecule is Cc1nc(C(=O)Nc2ccc(Cl)cc2)nn1-c1cc(Cl)cc(Cl)c1. The first-order valence-corrected chi connectivity index (χ1v) is 8.03. The lowest BCUT2D eigenvalue weighted by Gasteiger charge is -2.04. The molecule has 0 aliphatic heterocycles. The highest BCUT2D eigenvalue weighted by molar-refractivity contribution is 6.34. The molecule has 0 atom stereocenters. The molecule has 0 saturated heterocycles. The lowest BCUT2D eigenvalue weighted by atomic mass is 10.3. The maximum Gasteiger partial charge on any atom is 0.295 e. The number of nitrogens with zero attached hydrogens (tertiary/aromatic N) is 3. The van der Waals surface area contributed by atoms with Gasteiger partial charge in [-0.25, -0.2) is 9.67 Å². The van der Waals surface area contributed by atoms with Crippen LogP contribution in [0.15, 0.2) is 42.5 Å². The fourth-order valence-corrected chi connectivity index (χ4v) is 2.75. The molecule has 0 aliphatic carbocycles. The second-order valence-electron chi connectivity index (χ2n) is 4.98. The van der Waals surface area contributed by atoms with Crippen molar-refractivity contribution in [2.75, 3.05) is 5.32 Å². The van der Waals surface area contributed by atoms with Gasteiger partial charge >= 0.3 is 0 Å². The number of hydrogen-bond acceptors (Lipinski definition) is 3. The zero-order valence-corrected chi connectivity index (χ0v) is 14.7. The molecule has 1 amide bonds. The Bertz CT molecular complexity index is 886. The van der Waals surface area contributed by atoms with Gasteiger partial charge < -0.3 is 5.32 Å². The van der Waals surface area contributed by atoms with E-state index in [0.717, 1.165) is 0 Å². The van der Waals surface area contributed by atoms with Crippen molar-refractivity contribution in [3.63, 3.8) is 0 Å². The van der Waals surface area contributed by atoms with E-state index in [1.807, 2.05) is 0 Å². The largest absolute Gasteiger partial charge is 0.319 e. The van der Waals surface area contributed by atoms with Crippen molar-refractivity contribution in [2.24, 2.45) is 0 Å². The minimum absolute atomic E-state index is 0.0403. The van der Waals surface area contributed by atoms with Crippen LogP contribution in [0.4, 0.5) is 5.69 Å². The Hall–Kier alpha value is -2.08. The zero-order chi connectivity index (χ0) is 17.3. The minimum atomic E-state index is -0.424. The number of amides is 1. The number of aryl methyl sites for hydroxylation is 1. The van der Waals surface area contributed by atoms with Crippen molar-refractivity contribution in [1.82, 2.24) is 14.8 Å². The van der Waals surface area contributed by atoms with Gasteiger partial charge in [0, 0.05) is 20.8 Å². The number of hydrogen-bond donors (Lipinski definition) is 1. The van der Waals surface area contributed by atoms with Crippen LogP contribution in [0.1, 0.15) is 16.4 Å². The van der Waals surface area contributed by atoms with Crippen molar-refractivity contribution in [3.05, 3.63) is 69.2 Å². The maximum absolute atomic E-state index is 12.3. The molecule has 0 fully saturated rings. The number of anilines is 1. The highest BCUT2D eigenvalue weighted by atomic mass is 35.5. The van der Waals surface area contributed by atoms with Gasteiger partial charge in [-0.1, -0.05) is 34.8 Å². The molecule has 0 saturated carbocycles. The molecule has 122 valence electrons. The highest BCUT2D eigenvalue weighted by Crippen LogP contribution is 2.22. The molecule has 1 heterocycles. The topological polar surface area (TPSA) is 59.8 Å². The average molecular weight is 382 g/mol. The quantitative estimate of drug-likeness (QED) is 0.709. The van der Waals surface area contributed by atoms with Crippen LogP contribution in [0.2, 0.25) is 15.1 Å². The van der Waals surface area contributed by atoms with E-state index in [1.54, 1.807) is 49.4 Å². The molecule has 0 aliphatic rings. The summed E-state index contributed by atoms with van der Waals surface area (Å²) in [4.78, 5) is 16.5. The van der Waals surface area contributed by atoms with Crippen LogP contribution in [0.3, 0.4) is 0 Å². The molecule has 3 rings (SSSR count). The van der Waals surface area contributed by atoms with E-state index < -0.39 is 5.91 Å². The molecule has 0 unspecified atom stereocenters. The van der Waals surface area contributed by atoms with Crippen molar-refractivity contribution in [2.45, 2.75) is 6.92 Å². The molecule has 0 spiro atoms. The van der Waals surface area contributed by atoms with Crippen molar-refractivity contribution in [3.8, 4) is 5.69 Å². The van der Waals surface area contributed by atoms with Gasteiger partial charge in [0.05, 0.1) is 5.69 Å². The Morgan fingerprint density at radius 1 is 1.00 bits per heavy atom. The van der Waals surface area contributed by atoms with Gasteiger partial charge in [-0.2, -0.15) is 0 Å². The first-order valence-electron chi connectivity index (χ1n) is 6.89. The molecular formula is C16H11Cl3N4O. The molecule has 1 aromatic heterocycles. The highest BCUT2D eigenvalue weighted by Gasteiger charge is 2.16. The minimum Gasteiger partial charge on any atom is -0.319 e. The number of halogens is 3. The van der Waals surface area contributed by atoms with Crippen molar-refractivity contribution >= 4 is 46.4 Å². The molecule has 1 N–H and O–H groups in total. The Morgan fingerprint density at radius 3 is 2.25 bits per heavy atom. The van der Waals surface area contributed by atoms with Crippen LogP contribution in [0.25, 0.3) is 5.69 Å². The van der Waals surface area contributed by atoms with Gasteiger partial charge in [0.2, 0.25) is 5.82 Å². The predicted molar refractivity (Wildman–Crippen MR) is 95.5 cm³/mol. The van der Waals surface area contributed by atoms with Crippen LogP contribution in [0, 0.1) is 6.92 Å². The predicted octanol–water partition coefficient (Wildman–Crippen LogP) is 4.79. The molecule has 24 heavy (non-hydrogen) atoms. The van der Waals surface area contributed by atoms with Crippen molar-refractivity contribution < 1.29 is 4.79 Å². The fraction of sp³-hybridized carbons (Fsp3) is 0.0625. The Labute approximate surface area is 153 Å². The summed E-state index contributed by atoms with van der Waals surface area (Å²) in [6.07, 6.45) is 0.